The maximum Gasteiger partial charge on any atom is 0.240 e. The molecule has 0 radical (unpaired) electrons. The van der Waals surface area contributed by atoms with E-state index < -0.39 is 0 Å². The summed E-state index contributed by atoms with van der Waals surface area (Å²) in [4.78, 5) is 19.0. The number of allylic oxidation sites excluding steroid dienone is 2. The van der Waals surface area contributed by atoms with Crippen LogP contribution in [0, 0.1) is 0 Å². The first kappa shape index (κ1) is 16.5. The van der Waals surface area contributed by atoms with Crippen LogP contribution in [0.5, 0.6) is 0 Å². The van der Waals surface area contributed by atoms with Crippen molar-refractivity contribution >= 4 is 5.91 Å². The predicted molar refractivity (Wildman–Crippen MR) is 83.9 cm³/mol. The second-order valence-electron chi connectivity index (χ2n) is 5.92. The van der Waals surface area contributed by atoms with E-state index in [1.54, 1.807) is 0 Å². The summed E-state index contributed by atoms with van der Waals surface area (Å²) >= 11 is 0. The van der Waals surface area contributed by atoms with E-state index in [1.165, 1.54) is 18.5 Å². The van der Waals surface area contributed by atoms with Crippen molar-refractivity contribution in [1.82, 2.24) is 14.7 Å². The van der Waals surface area contributed by atoms with Crippen molar-refractivity contribution in [2.75, 3.05) is 52.4 Å². The van der Waals surface area contributed by atoms with Gasteiger partial charge < -0.3 is 10.0 Å². The summed E-state index contributed by atoms with van der Waals surface area (Å²) in [6.45, 7) is 8.06. The van der Waals surface area contributed by atoms with Gasteiger partial charge in [-0.3, -0.25) is 14.6 Å². The van der Waals surface area contributed by atoms with E-state index in [0.717, 1.165) is 52.1 Å². The summed E-state index contributed by atoms with van der Waals surface area (Å²) in [6.07, 6.45) is 6.85. The molecule has 120 valence electrons. The highest BCUT2D eigenvalue weighted by Crippen LogP contribution is 2.21. The second-order valence-corrected chi connectivity index (χ2v) is 5.92. The monoisotopic (exact) mass is 295 g/mol. The third-order valence-electron chi connectivity index (χ3n) is 4.47. The van der Waals surface area contributed by atoms with E-state index in [9.17, 15) is 4.79 Å². The lowest BCUT2D eigenvalue weighted by Gasteiger charge is -2.35. The van der Waals surface area contributed by atoms with Crippen LogP contribution in [0.2, 0.25) is 0 Å². The fraction of sp³-hybridized carbons (Fsp3) is 0.812. The molecular formula is C16H29N3O2. The molecule has 0 bridgehead atoms. The molecule has 1 N–H and O–H groups in total. The molecule has 1 heterocycles. The summed E-state index contributed by atoms with van der Waals surface area (Å²) in [5.74, 6) is 0.237. The Morgan fingerprint density at radius 3 is 2.52 bits per heavy atom. The van der Waals surface area contributed by atoms with Gasteiger partial charge in [0.25, 0.3) is 0 Å². The molecule has 0 aromatic rings. The highest BCUT2D eigenvalue weighted by molar-refractivity contribution is 5.80. The number of aliphatic hydroxyl groups excluding tert-OH is 1. The lowest BCUT2D eigenvalue weighted by atomic mass is 10.0. The van der Waals surface area contributed by atoms with Crippen molar-refractivity contribution in [3.05, 3.63) is 11.8 Å². The molecule has 0 aromatic carbocycles. The molecule has 1 saturated heterocycles. The number of rotatable bonds is 6. The van der Waals surface area contributed by atoms with Gasteiger partial charge in [0, 0.05) is 45.0 Å². The number of likely N-dealkylation sites (N-methyl/N-ethyl adjacent to an activating group) is 1. The van der Waals surface area contributed by atoms with Gasteiger partial charge in [-0.05, 0) is 32.6 Å². The normalized spacial score (nSPS) is 21.1. The fourth-order valence-electron chi connectivity index (χ4n) is 3.20. The van der Waals surface area contributed by atoms with Gasteiger partial charge >= 0.3 is 0 Å². The number of β-amino-alcohol motifs (C(OH)–C–C–N with tert-alkyl or cyclic N) is 1. The highest BCUT2D eigenvalue weighted by atomic mass is 16.3. The van der Waals surface area contributed by atoms with Crippen LogP contribution >= 0.6 is 0 Å². The topological polar surface area (TPSA) is 47.0 Å². The van der Waals surface area contributed by atoms with Crippen LogP contribution in [0.25, 0.3) is 0 Å². The summed E-state index contributed by atoms with van der Waals surface area (Å²) < 4.78 is 0. The van der Waals surface area contributed by atoms with Gasteiger partial charge in [0.2, 0.25) is 5.91 Å². The highest BCUT2D eigenvalue weighted by Gasteiger charge is 2.23. The predicted octanol–water partition coefficient (Wildman–Crippen LogP) is 0.903. The first-order valence-corrected chi connectivity index (χ1v) is 8.29. The third kappa shape index (κ3) is 4.80. The molecule has 0 unspecified atom stereocenters. The number of piperazine rings is 1. The molecule has 0 spiro atoms. The zero-order chi connectivity index (χ0) is 15.1. The summed E-state index contributed by atoms with van der Waals surface area (Å²) in [5, 5.41) is 8.96. The Balaban J connectivity index is 1.81. The molecule has 1 amide bonds. The van der Waals surface area contributed by atoms with Crippen molar-refractivity contribution in [3.8, 4) is 0 Å². The minimum absolute atomic E-state index is 0.219. The average molecular weight is 295 g/mol. The van der Waals surface area contributed by atoms with Crippen LogP contribution < -0.4 is 0 Å². The van der Waals surface area contributed by atoms with Crippen molar-refractivity contribution in [2.24, 2.45) is 0 Å². The smallest absolute Gasteiger partial charge is 0.240 e. The third-order valence-corrected chi connectivity index (χ3v) is 4.47. The van der Waals surface area contributed by atoms with Crippen LogP contribution in [0.3, 0.4) is 0 Å². The quantitative estimate of drug-likeness (QED) is 0.791. The van der Waals surface area contributed by atoms with Gasteiger partial charge in [0.15, 0.2) is 0 Å². The molecule has 1 aliphatic carbocycles. The number of carbonyl (C=O) groups is 1. The molecule has 2 aliphatic rings. The molecule has 2 rings (SSSR count). The minimum atomic E-state index is 0.219. The Labute approximate surface area is 128 Å². The second kappa shape index (κ2) is 8.51. The molecular weight excluding hydrogens is 266 g/mol. The van der Waals surface area contributed by atoms with E-state index in [4.69, 9.17) is 5.11 Å². The van der Waals surface area contributed by atoms with Crippen molar-refractivity contribution in [2.45, 2.75) is 32.6 Å². The molecule has 0 saturated carbocycles. The maximum atomic E-state index is 12.5. The summed E-state index contributed by atoms with van der Waals surface area (Å²) in [7, 11) is 0. The van der Waals surface area contributed by atoms with Crippen LogP contribution in [0.1, 0.15) is 32.6 Å². The molecule has 0 aromatic heterocycles. The number of nitrogens with zero attached hydrogens (tertiary/aromatic N) is 3. The lowest BCUT2D eigenvalue weighted by Crippen LogP contribution is -2.50. The molecule has 5 nitrogen and oxygen atoms in total. The van der Waals surface area contributed by atoms with Crippen LogP contribution in [-0.2, 0) is 4.79 Å². The zero-order valence-corrected chi connectivity index (χ0v) is 13.3. The maximum absolute atomic E-state index is 12.5. The minimum Gasteiger partial charge on any atom is -0.395 e. The van der Waals surface area contributed by atoms with Gasteiger partial charge in [-0.2, -0.15) is 0 Å². The molecule has 1 aliphatic heterocycles. The van der Waals surface area contributed by atoms with Crippen LogP contribution in [0.15, 0.2) is 11.8 Å². The molecule has 0 atom stereocenters. The van der Waals surface area contributed by atoms with Crippen LogP contribution in [0.4, 0.5) is 0 Å². The van der Waals surface area contributed by atoms with E-state index in [1.807, 2.05) is 4.90 Å². The SMILES string of the molecule is CCN(C(=O)CN1CCN(CCO)CC1)C1=CCCCC1. The first-order chi connectivity index (χ1) is 10.2. The van der Waals surface area contributed by atoms with Gasteiger partial charge in [-0.15, -0.1) is 0 Å². The Bertz CT molecular complexity index is 363. The summed E-state index contributed by atoms with van der Waals surface area (Å²) in [5.41, 5.74) is 1.23. The number of hydrogen-bond acceptors (Lipinski definition) is 4. The van der Waals surface area contributed by atoms with Crippen molar-refractivity contribution in [3.63, 3.8) is 0 Å². The number of amides is 1. The van der Waals surface area contributed by atoms with E-state index in [-0.39, 0.29) is 12.5 Å². The molecule has 1 fully saturated rings. The van der Waals surface area contributed by atoms with E-state index >= 15 is 0 Å². The van der Waals surface area contributed by atoms with Crippen molar-refractivity contribution < 1.29 is 9.90 Å². The van der Waals surface area contributed by atoms with E-state index in [0.29, 0.717) is 6.54 Å². The van der Waals surface area contributed by atoms with Gasteiger partial charge in [-0.1, -0.05) is 6.08 Å². The van der Waals surface area contributed by atoms with Gasteiger partial charge in [0.1, 0.15) is 0 Å². The number of hydrogen-bond donors (Lipinski definition) is 1. The Kier molecular flexibility index (Phi) is 6.67. The Morgan fingerprint density at radius 2 is 1.95 bits per heavy atom. The Morgan fingerprint density at radius 1 is 1.24 bits per heavy atom. The lowest BCUT2D eigenvalue weighted by molar-refractivity contribution is -0.131. The molecule has 21 heavy (non-hydrogen) atoms. The summed E-state index contributed by atoms with van der Waals surface area (Å²) in [6, 6.07) is 0. The fourth-order valence-corrected chi connectivity index (χ4v) is 3.20. The zero-order valence-electron chi connectivity index (χ0n) is 13.3. The first-order valence-electron chi connectivity index (χ1n) is 8.29. The van der Waals surface area contributed by atoms with Gasteiger partial charge in [-0.25, -0.2) is 0 Å². The van der Waals surface area contributed by atoms with E-state index in [2.05, 4.69) is 22.8 Å². The number of aliphatic hydroxyl groups is 1. The largest absolute Gasteiger partial charge is 0.395 e. The van der Waals surface area contributed by atoms with Crippen LogP contribution in [-0.4, -0.2) is 78.1 Å². The van der Waals surface area contributed by atoms with Gasteiger partial charge in [0.05, 0.1) is 13.2 Å². The average Bonchev–Trinajstić information content (AvgIpc) is 2.51. The number of carbonyl (C=O) groups excluding carboxylic acids is 1. The molecule has 5 heteroatoms. The van der Waals surface area contributed by atoms with Crippen molar-refractivity contribution in [1.29, 1.82) is 0 Å². The Hall–Kier alpha value is -0.910. The standard InChI is InChI=1S/C16H29N3O2/c1-2-19(15-6-4-3-5-7-15)16(21)14-18-10-8-17(9-11-18)12-13-20/h6,20H,2-5,7-14H2,1H3.